The third-order valence-electron chi connectivity index (χ3n) is 6.22. The minimum absolute atomic E-state index is 0.185. The number of aromatic hydroxyl groups is 1. The average Bonchev–Trinajstić information content (AvgIpc) is 2.83. The zero-order valence-corrected chi connectivity index (χ0v) is 14.7. The predicted octanol–water partition coefficient (Wildman–Crippen LogP) is 3.38. The Morgan fingerprint density at radius 1 is 1.32 bits per heavy atom. The van der Waals surface area contributed by atoms with Crippen LogP contribution in [0.25, 0.3) is 10.9 Å². The van der Waals surface area contributed by atoms with Crippen molar-refractivity contribution in [2.24, 2.45) is 11.8 Å². The van der Waals surface area contributed by atoms with Gasteiger partial charge in [-0.25, -0.2) is 0 Å². The fourth-order valence-electron chi connectivity index (χ4n) is 5.09. The van der Waals surface area contributed by atoms with Gasteiger partial charge >= 0.3 is 5.97 Å². The number of rotatable bonds is 2. The Morgan fingerprint density at radius 2 is 2.12 bits per heavy atom. The zero-order valence-electron chi connectivity index (χ0n) is 14.7. The fraction of sp³-hybridized carbons (Fsp3) is 0.550. The number of aromatic nitrogens is 1. The van der Waals surface area contributed by atoms with Crippen molar-refractivity contribution in [1.29, 1.82) is 0 Å². The number of carboxylic acids is 1. The van der Waals surface area contributed by atoms with E-state index in [2.05, 4.69) is 24.1 Å². The lowest BCUT2D eigenvalue weighted by molar-refractivity contribution is -0.139. The first kappa shape index (κ1) is 16.5. The second-order valence-electron chi connectivity index (χ2n) is 7.89. The van der Waals surface area contributed by atoms with Crippen LogP contribution in [-0.2, 0) is 11.2 Å². The molecule has 0 bridgehead atoms. The molecule has 0 spiro atoms. The summed E-state index contributed by atoms with van der Waals surface area (Å²) < 4.78 is 0. The van der Waals surface area contributed by atoms with Crippen molar-refractivity contribution in [3.8, 4) is 5.75 Å². The number of aliphatic carboxylic acids is 1. The Labute approximate surface area is 147 Å². The molecule has 4 N–H and O–H groups in total. The summed E-state index contributed by atoms with van der Waals surface area (Å²) in [7, 11) is 0. The van der Waals surface area contributed by atoms with Crippen LogP contribution in [0.5, 0.6) is 5.75 Å². The molecule has 5 atom stereocenters. The van der Waals surface area contributed by atoms with Crippen LogP contribution in [0.15, 0.2) is 18.2 Å². The van der Waals surface area contributed by atoms with Crippen LogP contribution in [0, 0.1) is 11.8 Å². The standard InChI is InChI=1S/C20H26N2O3/c1-3-11-6-10(2)7-15-18(11)22-17(20(24)25)9-14-13-8-12(23)4-5-16(13)21-19(14)15/h4-5,8,10-11,15,17-18,21-23H,3,6-7,9H2,1-2H3,(H,24,25). The van der Waals surface area contributed by atoms with Crippen molar-refractivity contribution in [2.75, 3.05) is 0 Å². The quantitative estimate of drug-likeness (QED) is 0.674. The lowest BCUT2D eigenvalue weighted by atomic mass is 9.70. The molecule has 2 heterocycles. The molecule has 25 heavy (non-hydrogen) atoms. The largest absolute Gasteiger partial charge is 0.508 e. The molecule has 0 radical (unpaired) electrons. The summed E-state index contributed by atoms with van der Waals surface area (Å²) in [5.74, 6) is 0.832. The van der Waals surface area contributed by atoms with Crippen LogP contribution in [0.2, 0.25) is 0 Å². The Bertz CT molecular complexity index is 813. The number of aromatic amines is 1. The highest BCUT2D eigenvalue weighted by Gasteiger charge is 2.42. The maximum atomic E-state index is 11.9. The third-order valence-corrected chi connectivity index (χ3v) is 6.22. The Hall–Kier alpha value is -2.01. The van der Waals surface area contributed by atoms with E-state index >= 15 is 0 Å². The molecule has 1 aromatic carbocycles. The van der Waals surface area contributed by atoms with Gasteiger partial charge in [0.15, 0.2) is 0 Å². The maximum Gasteiger partial charge on any atom is 0.321 e. The minimum Gasteiger partial charge on any atom is -0.508 e. The monoisotopic (exact) mass is 342 g/mol. The summed E-state index contributed by atoms with van der Waals surface area (Å²) in [5.41, 5.74) is 3.22. The van der Waals surface area contributed by atoms with Crippen LogP contribution in [0.4, 0.5) is 0 Å². The lowest BCUT2D eigenvalue weighted by Gasteiger charge is -2.41. The first-order valence-corrected chi connectivity index (χ1v) is 9.30. The van der Waals surface area contributed by atoms with E-state index in [9.17, 15) is 15.0 Å². The predicted molar refractivity (Wildman–Crippen MR) is 96.9 cm³/mol. The molecule has 0 amide bonds. The third kappa shape index (κ3) is 2.71. The van der Waals surface area contributed by atoms with Gasteiger partial charge in [0.25, 0.3) is 0 Å². The number of carboxylic acid groups (broad SMARTS) is 1. The van der Waals surface area contributed by atoms with Gasteiger partial charge in [0.1, 0.15) is 11.8 Å². The number of hydrogen-bond donors (Lipinski definition) is 4. The molecule has 1 fully saturated rings. The van der Waals surface area contributed by atoms with Crippen LogP contribution in [0.3, 0.4) is 0 Å². The van der Waals surface area contributed by atoms with Gasteiger partial charge in [-0.3, -0.25) is 4.79 Å². The van der Waals surface area contributed by atoms with Gasteiger partial charge in [-0.1, -0.05) is 20.3 Å². The fourth-order valence-corrected chi connectivity index (χ4v) is 5.09. The summed E-state index contributed by atoms with van der Waals surface area (Å²) in [6, 6.07) is 4.93. The lowest BCUT2D eigenvalue weighted by Crippen LogP contribution is -2.51. The molecular formula is C20H26N2O3. The molecule has 2 aliphatic rings. The normalized spacial score (nSPS) is 32.0. The van der Waals surface area contributed by atoms with Crippen LogP contribution in [-0.4, -0.2) is 33.3 Å². The number of carbonyl (C=O) groups is 1. The van der Waals surface area contributed by atoms with Crippen molar-refractivity contribution in [3.63, 3.8) is 0 Å². The van der Waals surface area contributed by atoms with E-state index in [-0.39, 0.29) is 11.8 Å². The van der Waals surface area contributed by atoms with Crippen LogP contribution in [0.1, 0.15) is 50.3 Å². The van der Waals surface area contributed by atoms with Gasteiger partial charge in [0.05, 0.1) is 0 Å². The SMILES string of the molecule is CCC1CC(C)CC2c3[nH]c4ccc(O)cc4c3CC(C(=O)O)NC12. The van der Waals surface area contributed by atoms with E-state index in [1.54, 1.807) is 12.1 Å². The molecule has 4 rings (SSSR count). The van der Waals surface area contributed by atoms with Gasteiger partial charge in [-0.2, -0.15) is 0 Å². The Morgan fingerprint density at radius 3 is 2.84 bits per heavy atom. The second-order valence-corrected chi connectivity index (χ2v) is 7.89. The first-order chi connectivity index (χ1) is 12.0. The van der Waals surface area contributed by atoms with Gasteiger partial charge in [0.2, 0.25) is 0 Å². The zero-order chi connectivity index (χ0) is 17.7. The van der Waals surface area contributed by atoms with E-state index in [1.807, 2.05) is 6.07 Å². The molecule has 1 aromatic heterocycles. The number of fused-ring (bicyclic) bond motifs is 5. The molecular weight excluding hydrogens is 316 g/mol. The molecule has 5 unspecified atom stereocenters. The smallest absolute Gasteiger partial charge is 0.321 e. The first-order valence-electron chi connectivity index (χ1n) is 9.30. The number of phenolic OH excluding ortho intramolecular Hbond substituents is 1. The molecule has 1 aliphatic carbocycles. The summed E-state index contributed by atoms with van der Waals surface area (Å²) in [6.45, 7) is 4.50. The average molecular weight is 342 g/mol. The van der Waals surface area contributed by atoms with Crippen LogP contribution < -0.4 is 5.32 Å². The van der Waals surface area contributed by atoms with Crippen molar-refractivity contribution in [1.82, 2.24) is 10.3 Å². The van der Waals surface area contributed by atoms with Crippen molar-refractivity contribution in [2.45, 2.75) is 57.5 Å². The molecule has 1 saturated carbocycles. The van der Waals surface area contributed by atoms with E-state index in [4.69, 9.17) is 0 Å². The molecule has 1 aliphatic heterocycles. The summed E-state index contributed by atoms with van der Waals surface area (Å²) in [4.78, 5) is 15.4. The minimum atomic E-state index is -0.797. The van der Waals surface area contributed by atoms with Gasteiger partial charge in [-0.15, -0.1) is 0 Å². The maximum absolute atomic E-state index is 11.9. The molecule has 5 nitrogen and oxygen atoms in total. The van der Waals surface area contributed by atoms with Gasteiger partial charge < -0.3 is 20.5 Å². The highest BCUT2D eigenvalue weighted by Crippen LogP contribution is 2.45. The van der Waals surface area contributed by atoms with Crippen molar-refractivity contribution >= 4 is 16.9 Å². The number of phenols is 1. The van der Waals surface area contributed by atoms with E-state index < -0.39 is 12.0 Å². The highest BCUT2D eigenvalue weighted by atomic mass is 16.4. The van der Waals surface area contributed by atoms with E-state index in [1.165, 1.54) is 5.69 Å². The van der Waals surface area contributed by atoms with Crippen molar-refractivity contribution < 1.29 is 15.0 Å². The highest BCUT2D eigenvalue weighted by molar-refractivity contribution is 5.87. The topological polar surface area (TPSA) is 85.3 Å². The number of nitrogens with one attached hydrogen (secondary N) is 2. The van der Waals surface area contributed by atoms with Gasteiger partial charge in [0, 0.05) is 35.0 Å². The summed E-state index contributed by atoms with van der Waals surface area (Å²) in [6.07, 6.45) is 3.72. The molecule has 134 valence electrons. The number of H-pyrrole nitrogens is 1. The summed E-state index contributed by atoms with van der Waals surface area (Å²) >= 11 is 0. The van der Waals surface area contributed by atoms with E-state index in [0.717, 1.165) is 35.7 Å². The second kappa shape index (κ2) is 6.06. The summed E-state index contributed by atoms with van der Waals surface area (Å²) in [5, 5.41) is 24.1. The Kier molecular flexibility index (Phi) is 3.99. The number of hydrogen-bond acceptors (Lipinski definition) is 3. The van der Waals surface area contributed by atoms with E-state index in [0.29, 0.717) is 24.2 Å². The van der Waals surface area contributed by atoms with Crippen molar-refractivity contribution in [3.05, 3.63) is 29.5 Å². The molecule has 0 saturated heterocycles. The molecule has 2 aromatic rings. The Balaban J connectivity index is 1.89. The van der Waals surface area contributed by atoms with Gasteiger partial charge in [-0.05, 0) is 48.4 Å². The molecule has 5 heteroatoms. The number of benzene rings is 1. The van der Waals surface area contributed by atoms with Crippen LogP contribution >= 0.6 is 0 Å².